The molecule has 130 valence electrons. The highest BCUT2D eigenvalue weighted by molar-refractivity contribution is 6.03. The van der Waals surface area contributed by atoms with Crippen molar-refractivity contribution in [3.63, 3.8) is 0 Å². The predicted molar refractivity (Wildman–Crippen MR) is 101 cm³/mol. The van der Waals surface area contributed by atoms with E-state index in [-0.39, 0.29) is 23.7 Å². The summed E-state index contributed by atoms with van der Waals surface area (Å²) >= 11 is 0. The first kappa shape index (κ1) is 17.0. The van der Waals surface area contributed by atoms with Crippen LogP contribution >= 0.6 is 0 Å². The van der Waals surface area contributed by atoms with Gasteiger partial charge in [0.15, 0.2) is 0 Å². The fraction of sp³-hybridized carbons (Fsp3) is 0.300. The molecule has 2 atom stereocenters. The first-order chi connectivity index (χ1) is 12.0. The molecule has 0 aliphatic heterocycles. The van der Waals surface area contributed by atoms with Gasteiger partial charge in [0.2, 0.25) is 11.8 Å². The summed E-state index contributed by atoms with van der Waals surface area (Å²) in [7, 11) is 3.94. The smallest absolute Gasteiger partial charge is 0.228 e. The van der Waals surface area contributed by atoms with E-state index in [0.29, 0.717) is 6.42 Å². The summed E-state index contributed by atoms with van der Waals surface area (Å²) in [6, 6.07) is 15.3. The van der Waals surface area contributed by atoms with Gasteiger partial charge in [-0.3, -0.25) is 9.59 Å². The second kappa shape index (κ2) is 6.97. The number of carbonyl (C=O) groups is 2. The molecular weight excluding hydrogens is 314 g/mol. The minimum atomic E-state index is -0.252. The van der Waals surface area contributed by atoms with Gasteiger partial charge in [0.25, 0.3) is 0 Å². The number of para-hydroxylation sites is 1. The van der Waals surface area contributed by atoms with Crippen LogP contribution in [-0.2, 0) is 9.59 Å². The minimum absolute atomic E-state index is 0.0857. The molecule has 0 aromatic heterocycles. The molecule has 1 aliphatic rings. The third-order valence-corrected chi connectivity index (χ3v) is 4.52. The molecule has 2 unspecified atom stereocenters. The monoisotopic (exact) mass is 337 g/mol. The van der Waals surface area contributed by atoms with E-state index in [9.17, 15) is 9.59 Å². The van der Waals surface area contributed by atoms with Gasteiger partial charge in [-0.05, 0) is 49.2 Å². The fourth-order valence-electron chi connectivity index (χ4n) is 2.79. The van der Waals surface area contributed by atoms with Crippen molar-refractivity contribution >= 4 is 28.9 Å². The summed E-state index contributed by atoms with van der Waals surface area (Å²) in [6.07, 6.45) is 0.597. The van der Waals surface area contributed by atoms with Crippen LogP contribution in [0.25, 0.3) is 0 Å². The van der Waals surface area contributed by atoms with Crippen LogP contribution in [0.15, 0.2) is 48.5 Å². The molecule has 2 amide bonds. The molecule has 1 fully saturated rings. The Morgan fingerprint density at radius 3 is 2.12 bits per heavy atom. The van der Waals surface area contributed by atoms with Gasteiger partial charge in [0, 0.05) is 31.2 Å². The van der Waals surface area contributed by atoms with Crippen molar-refractivity contribution in [3.8, 4) is 0 Å². The second-order valence-electron chi connectivity index (χ2n) is 6.68. The lowest BCUT2D eigenvalue weighted by Crippen LogP contribution is -2.21. The molecule has 0 saturated heterocycles. The van der Waals surface area contributed by atoms with Crippen molar-refractivity contribution in [1.29, 1.82) is 0 Å². The van der Waals surface area contributed by atoms with E-state index in [4.69, 9.17) is 0 Å². The van der Waals surface area contributed by atoms with Gasteiger partial charge in [-0.1, -0.05) is 18.2 Å². The van der Waals surface area contributed by atoms with Crippen LogP contribution in [0.4, 0.5) is 17.1 Å². The van der Waals surface area contributed by atoms with Crippen LogP contribution in [0.1, 0.15) is 12.0 Å². The van der Waals surface area contributed by atoms with E-state index in [0.717, 1.165) is 22.6 Å². The quantitative estimate of drug-likeness (QED) is 0.880. The lowest BCUT2D eigenvalue weighted by atomic mass is 10.2. The third kappa shape index (κ3) is 3.99. The zero-order valence-corrected chi connectivity index (χ0v) is 14.7. The molecule has 25 heavy (non-hydrogen) atoms. The van der Waals surface area contributed by atoms with Gasteiger partial charge >= 0.3 is 0 Å². The summed E-state index contributed by atoms with van der Waals surface area (Å²) in [6.45, 7) is 1.95. The van der Waals surface area contributed by atoms with Crippen LogP contribution < -0.4 is 15.5 Å². The molecule has 1 saturated carbocycles. The Hall–Kier alpha value is -2.82. The molecule has 0 heterocycles. The normalized spacial score (nSPS) is 18.4. The highest BCUT2D eigenvalue weighted by Gasteiger charge is 2.48. The molecule has 2 aromatic carbocycles. The molecule has 0 spiro atoms. The van der Waals surface area contributed by atoms with Crippen LogP contribution in [0.5, 0.6) is 0 Å². The average molecular weight is 337 g/mol. The first-order valence-corrected chi connectivity index (χ1v) is 8.40. The van der Waals surface area contributed by atoms with Gasteiger partial charge in [-0.15, -0.1) is 0 Å². The topological polar surface area (TPSA) is 61.4 Å². The van der Waals surface area contributed by atoms with Gasteiger partial charge in [-0.25, -0.2) is 0 Å². The number of nitrogens with zero attached hydrogens (tertiary/aromatic N) is 1. The number of aryl methyl sites for hydroxylation is 1. The van der Waals surface area contributed by atoms with Crippen molar-refractivity contribution in [2.45, 2.75) is 13.3 Å². The lowest BCUT2D eigenvalue weighted by molar-refractivity contribution is -0.122. The maximum Gasteiger partial charge on any atom is 0.228 e. The Morgan fingerprint density at radius 2 is 1.52 bits per heavy atom. The van der Waals surface area contributed by atoms with Gasteiger partial charge < -0.3 is 15.5 Å². The molecular formula is C20H23N3O2. The van der Waals surface area contributed by atoms with E-state index in [1.807, 2.05) is 74.4 Å². The Bertz CT molecular complexity index is 784. The summed E-state index contributed by atoms with van der Waals surface area (Å²) in [5, 5.41) is 5.81. The highest BCUT2D eigenvalue weighted by Crippen LogP contribution is 2.40. The van der Waals surface area contributed by atoms with Crippen molar-refractivity contribution in [1.82, 2.24) is 0 Å². The van der Waals surface area contributed by atoms with Crippen molar-refractivity contribution in [2.75, 3.05) is 29.6 Å². The third-order valence-electron chi connectivity index (χ3n) is 4.52. The van der Waals surface area contributed by atoms with E-state index in [1.165, 1.54) is 0 Å². The molecule has 0 bridgehead atoms. The Morgan fingerprint density at radius 1 is 0.920 bits per heavy atom. The van der Waals surface area contributed by atoms with E-state index in [2.05, 4.69) is 10.6 Å². The van der Waals surface area contributed by atoms with Gasteiger partial charge in [0.05, 0.1) is 11.8 Å². The minimum Gasteiger partial charge on any atom is -0.378 e. The number of rotatable bonds is 5. The molecule has 3 rings (SSSR count). The summed E-state index contributed by atoms with van der Waals surface area (Å²) in [4.78, 5) is 26.6. The largest absolute Gasteiger partial charge is 0.378 e. The summed E-state index contributed by atoms with van der Waals surface area (Å²) in [5.41, 5.74) is 3.64. The van der Waals surface area contributed by atoms with Crippen molar-refractivity contribution in [2.24, 2.45) is 11.8 Å². The van der Waals surface area contributed by atoms with Crippen LogP contribution in [-0.4, -0.2) is 25.9 Å². The van der Waals surface area contributed by atoms with Gasteiger partial charge in [-0.2, -0.15) is 0 Å². The number of anilines is 3. The van der Waals surface area contributed by atoms with Gasteiger partial charge in [0.1, 0.15) is 0 Å². The summed E-state index contributed by atoms with van der Waals surface area (Å²) in [5.74, 6) is -0.682. The predicted octanol–water partition coefficient (Wildman–Crippen LogP) is 3.27. The molecule has 2 N–H and O–H groups in total. The maximum atomic E-state index is 12.3. The van der Waals surface area contributed by atoms with Crippen LogP contribution in [0, 0.1) is 18.8 Å². The van der Waals surface area contributed by atoms with E-state index in [1.54, 1.807) is 0 Å². The SMILES string of the molecule is Cc1ccccc1NC(=O)C1CC1C(=O)Nc1ccc(N(C)C)cc1. The summed E-state index contributed by atoms with van der Waals surface area (Å²) < 4.78 is 0. The molecule has 0 radical (unpaired) electrons. The number of amides is 2. The molecule has 1 aliphatic carbocycles. The van der Waals surface area contributed by atoms with E-state index < -0.39 is 0 Å². The van der Waals surface area contributed by atoms with Crippen molar-refractivity contribution in [3.05, 3.63) is 54.1 Å². The number of hydrogen-bond acceptors (Lipinski definition) is 3. The molecule has 2 aromatic rings. The molecule has 5 heteroatoms. The van der Waals surface area contributed by atoms with Crippen LogP contribution in [0.3, 0.4) is 0 Å². The van der Waals surface area contributed by atoms with Crippen LogP contribution in [0.2, 0.25) is 0 Å². The number of benzene rings is 2. The number of hydrogen-bond donors (Lipinski definition) is 2. The zero-order valence-electron chi connectivity index (χ0n) is 14.7. The number of nitrogens with one attached hydrogen (secondary N) is 2. The highest BCUT2D eigenvalue weighted by atomic mass is 16.2. The standard InChI is InChI=1S/C20H23N3O2/c1-13-6-4-5-7-18(13)22-20(25)17-12-16(17)19(24)21-14-8-10-15(11-9-14)23(2)3/h4-11,16-17H,12H2,1-3H3,(H,21,24)(H,22,25). The zero-order chi connectivity index (χ0) is 18.0. The van der Waals surface area contributed by atoms with Crippen molar-refractivity contribution < 1.29 is 9.59 Å². The number of carbonyl (C=O) groups excluding carboxylic acids is 2. The average Bonchev–Trinajstić information content (AvgIpc) is 3.38. The fourth-order valence-corrected chi connectivity index (χ4v) is 2.79. The second-order valence-corrected chi connectivity index (χ2v) is 6.68. The Labute approximate surface area is 148 Å². The Balaban J connectivity index is 1.55. The maximum absolute atomic E-state index is 12.3. The molecule has 5 nitrogen and oxygen atoms in total. The lowest BCUT2D eigenvalue weighted by Gasteiger charge is -2.13. The Kier molecular flexibility index (Phi) is 4.74. The first-order valence-electron chi connectivity index (χ1n) is 8.40. The van der Waals surface area contributed by atoms with E-state index >= 15 is 0 Å².